The topological polar surface area (TPSA) is 117 Å². The van der Waals surface area contributed by atoms with Gasteiger partial charge in [-0.1, -0.05) is 17.7 Å². The first-order valence-electron chi connectivity index (χ1n) is 8.04. The van der Waals surface area contributed by atoms with Crippen molar-refractivity contribution in [1.29, 1.82) is 0 Å². The van der Waals surface area contributed by atoms with Gasteiger partial charge in [-0.05, 0) is 42.6 Å². The number of hydrogen-bond acceptors (Lipinski definition) is 6. The van der Waals surface area contributed by atoms with Crippen molar-refractivity contribution >= 4 is 38.9 Å². The lowest BCUT2D eigenvalue weighted by Crippen LogP contribution is -2.41. The SMILES string of the molecule is Cc1ccc(NS(=O)(=O)c2ccsc2C(=O)NNC(=O)c2cccnc2)cc1. The van der Waals surface area contributed by atoms with Crippen LogP contribution in [0.3, 0.4) is 0 Å². The number of carbonyl (C=O) groups is 2. The van der Waals surface area contributed by atoms with Crippen LogP contribution in [0.15, 0.2) is 65.1 Å². The van der Waals surface area contributed by atoms with Crippen molar-refractivity contribution in [1.82, 2.24) is 15.8 Å². The molecular weight excluding hydrogens is 400 g/mol. The molecule has 2 heterocycles. The molecule has 0 aliphatic heterocycles. The van der Waals surface area contributed by atoms with Gasteiger partial charge in [-0.2, -0.15) is 0 Å². The molecule has 0 fully saturated rings. The highest BCUT2D eigenvalue weighted by atomic mass is 32.2. The summed E-state index contributed by atoms with van der Waals surface area (Å²) in [6.45, 7) is 1.89. The van der Waals surface area contributed by atoms with Crippen LogP contribution in [0.4, 0.5) is 5.69 Å². The number of pyridine rings is 1. The van der Waals surface area contributed by atoms with E-state index in [0.717, 1.165) is 16.9 Å². The highest BCUT2D eigenvalue weighted by molar-refractivity contribution is 7.93. The highest BCUT2D eigenvalue weighted by Crippen LogP contribution is 2.24. The molecule has 0 aliphatic rings. The zero-order chi connectivity index (χ0) is 20.1. The van der Waals surface area contributed by atoms with Gasteiger partial charge in [0.15, 0.2) is 0 Å². The van der Waals surface area contributed by atoms with Gasteiger partial charge < -0.3 is 0 Å². The molecule has 0 spiro atoms. The molecule has 2 amide bonds. The monoisotopic (exact) mass is 416 g/mol. The Morgan fingerprint density at radius 2 is 1.71 bits per heavy atom. The first-order valence-corrected chi connectivity index (χ1v) is 10.4. The third kappa shape index (κ3) is 4.53. The third-order valence-corrected chi connectivity index (χ3v) is 6.11. The second kappa shape index (κ2) is 8.19. The molecule has 0 atom stereocenters. The van der Waals surface area contributed by atoms with Gasteiger partial charge in [-0.3, -0.25) is 30.1 Å². The predicted molar refractivity (Wildman–Crippen MR) is 105 cm³/mol. The van der Waals surface area contributed by atoms with E-state index in [0.29, 0.717) is 5.69 Å². The number of aryl methyl sites for hydroxylation is 1. The van der Waals surface area contributed by atoms with E-state index in [1.807, 2.05) is 6.92 Å². The van der Waals surface area contributed by atoms with E-state index in [4.69, 9.17) is 0 Å². The Hall–Kier alpha value is -3.24. The van der Waals surface area contributed by atoms with E-state index >= 15 is 0 Å². The first-order chi connectivity index (χ1) is 13.4. The maximum absolute atomic E-state index is 12.7. The third-order valence-electron chi connectivity index (χ3n) is 3.64. The fourth-order valence-electron chi connectivity index (χ4n) is 2.25. The van der Waals surface area contributed by atoms with E-state index in [-0.39, 0.29) is 15.3 Å². The van der Waals surface area contributed by atoms with Gasteiger partial charge >= 0.3 is 0 Å². The molecule has 0 radical (unpaired) electrons. The zero-order valence-corrected chi connectivity index (χ0v) is 16.3. The Kier molecular flexibility index (Phi) is 5.71. The van der Waals surface area contributed by atoms with E-state index in [9.17, 15) is 18.0 Å². The number of benzene rings is 1. The number of thiophene rings is 1. The van der Waals surface area contributed by atoms with Crippen molar-refractivity contribution in [3.63, 3.8) is 0 Å². The molecule has 0 unspecified atom stereocenters. The fraction of sp³-hybridized carbons (Fsp3) is 0.0556. The van der Waals surface area contributed by atoms with Crippen LogP contribution in [-0.4, -0.2) is 25.2 Å². The van der Waals surface area contributed by atoms with Crippen LogP contribution in [0.5, 0.6) is 0 Å². The molecule has 0 saturated heterocycles. The van der Waals surface area contributed by atoms with Gasteiger partial charge in [0.25, 0.3) is 21.8 Å². The number of hydrazine groups is 1. The molecule has 0 aliphatic carbocycles. The quantitative estimate of drug-likeness (QED) is 0.552. The summed E-state index contributed by atoms with van der Waals surface area (Å²) in [4.78, 5) is 27.9. The van der Waals surface area contributed by atoms with E-state index < -0.39 is 21.8 Å². The summed E-state index contributed by atoms with van der Waals surface area (Å²) in [5, 5.41) is 1.49. The van der Waals surface area contributed by atoms with Crippen LogP contribution in [0.1, 0.15) is 25.6 Å². The Labute approximate surface area is 165 Å². The number of hydrogen-bond donors (Lipinski definition) is 3. The summed E-state index contributed by atoms with van der Waals surface area (Å²) in [6, 6.07) is 11.2. The van der Waals surface area contributed by atoms with Crippen molar-refractivity contribution in [3.8, 4) is 0 Å². The summed E-state index contributed by atoms with van der Waals surface area (Å²) in [6.07, 6.45) is 2.85. The average Bonchev–Trinajstić information content (AvgIpc) is 3.19. The molecular formula is C18H16N4O4S2. The van der Waals surface area contributed by atoms with Gasteiger partial charge in [0.05, 0.1) is 5.56 Å². The van der Waals surface area contributed by atoms with Crippen LogP contribution >= 0.6 is 11.3 Å². The molecule has 0 bridgehead atoms. The average molecular weight is 416 g/mol. The molecule has 144 valence electrons. The van der Waals surface area contributed by atoms with Crippen molar-refractivity contribution in [2.24, 2.45) is 0 Å². The normalized spacial score (nSPS) is 10.9. The summed E-state index contributed by atoms with van der Waals surface area (Å²) in [5.74, 6) is -1.31. The van der Waals surface area contributed by atoms with Crippen LogP contribution in [0.2, 0.25) is 0 Å². The number of amides is 2. The van der Waals surface area contributed by atoms with Crippen LogP contribution < -0.4 is 15.6 Å². The van der Waals surface area contributed by atoms with Gasteiger partial charge in [0, 0.05) is 18.1 Å². The minimum atomic E-state index is -3.97. The summed E-state index contributed by atoms with van der Waals surface area (Å²) in [7, 11) is -3.97. The number of sulfonamides is 1. The number of nitrogens with one attached hydrogen (secondary N) is 3. The van der Waals surface area contributed by atoms with Crippen molar-refractivity contribution in [2.45, 2.75) is 11.8 Å². The van der Waals surface area contributed by atoms with Gasteiger partial charge in [0.2, 0.25) is 0 Å². The van der Waals surface area contributed by atoms with E-state index in [1.165, 1.54) is 29.9 Å². The van der Waals surface area contributed by atoms with Crippen LogP contribution in [-0.2, 0) is 10.0 Å². The summed E-state index contributed by atoms with van der Waals surface area (Å²) < 4.78 is 27.7. The zero-order valence-electron chi connectivity index (χ0n) is 14.7. The van der Waals surface area contributed by atoms with Crippen molar-refractivity contribution in [2.75, 3.05) is 4.72 Å². The number of rotatable bonds is 5. The molecule has 8 nitrogen and oxygen atoms in total. The van der Waals surface area contributed by atoms with Gasteiger partial charge in [-0.25, -0.2) is 8.42 Å². The summed E-state index contributed by atoms with van der Waals surface area (Å²) in [5.41, 5.74) is 6.08. The van der Waals surface area contributed by atoms with Gasteiger partial charge in [-0.15, -0.1) is 11.3 Å². The van der Waals surface area contributed by atoms with E-state index in [2.05, 4.69) is 20.6 Å². The lowest BCUT2D eigenvalue weighted by molar-refractivity contribution is 0.0847. The Bertz CT molecular complexity index is 1090. The number of carbonyl (C=O) groups excluding carboxylic acids is 2. The minimum absolute atomic E-state index is 0.0499. The highest BCUT2D eigenvalue weighted by Gasteiger charge is 2.24. The second-order valence-electron chi connectivity index (χ2n) is 5.74. The lowest BCUT2D eigenvalue weighted by atomic mass is 10.2. The number of anilines is 1. The molecule has 10 heteroatoms. The molecule has 3 rings (SSSR count). The summed E-state index contributed by atoms with van der Waals surface area (Å²) >= 11 is 0.950. The van der Waals surface area contributed by atoms with Crippen LogP contribution in [0.25, 0.3) is 0 Å². The minimum Gasteiger partial charge on any atom is -0.280 e. The lowest BCUT2D eigenvalue weighted by Gasteiger charge is -2.10. The number of aromatic nitrogens is 1. The fourth-order valence-corrected chi connectivity index (χ4v) is 4.63. The van der Waals surface area contributed by atoms with Crippen molar-refractivity contribution in [3.05, 3.63) is 76.2 Å². The maximum atomic E-state index is 12.7. The second-order valence-corrected chi connectivity index (χ2v) is 8.30. The first kappa shape index (κ1) is 19.5. The largest absolute Gasteiger partial charge is 0.281 e. The Morgan fingerprint density at radius 1 is 1.00 bits per heavy atom. The molecule has 3 aromatic rings. The molecule has 2 aromatic heterocycles. The Morgan fingerprint density at radius 3 is 2.39 bits per heavy atom. The molecule has 1 aromatic carbocycles. The Balaban J connectivity index is 1.72. The van der Waals surface area contributed by atoms with Crippen LogP contribution in [0, 0.1) is 6.92 Å². The predicted octanol–water partition coefficient (Wildman–Crippen LogP) is 2.33. The van der Waals surface area contributed by atoms with Gasteiger partial charge in [0.1, 0.15) is 9.77 Å². The standard InChI is InChI=1S/C18H16N4O4S2/c1-12-4-6-14(7-5-12)22-28(25,26)15-8-10-27-16(15)18(24)21-20-17(23)13-3-2-9-19-11-13/h2-11,22H,1H3,(H,20,23)(H,21,24). The molecule has 0 saturated carbocycles. The maximum Gasteiger partial charge on any atom is 0.281 e. The van der Waals surface area contributed by atoms with E-state index in [1.54, 1.807) is 30.3 Å². The molecule has 3 N–H and O–H groups in total. The van der Waals surface area contributed by atoms with Crippen molar-refractivity contribution < 1.29 is 18.0 Å². The molecule has 28 heavy (non-hydrogen) atoms. The smallest absolute Gasteiger partial charge is 0.280 e. The number of nitrogens with zero attached hydrogens (tertiary/aromatic N) is 1.